The van der Waals surface area contributed by atoms with Gasteiger partial charge in [-0.1, -0.05) is 24.7 Å². The molecule has 0 aliphatic rings. The van der Waals surface area contributed by atoms with Gasteiger partial charge in [0.15, 0.2) is 9.34 Å². The van der Waals surface area contributed by atoms with E-state index in [0.717, 1.165) is 29.9 Å². The van der Waals surface area contributed by atoms with Gasteiger partial charge in [0.25, 0.3) is 10.0 Å². The number of urea groups is 1. The van der Waals surface area contributed by atoms with Gasteiger partial charge in [-0.05, 0) is 51.6 Å². The Morgan fingerprint density at radius 3 is 2.50 bits per heavy atom. The lowest BCUT2D eigenvalue weighted by Crippen LogP contribution is -2.35. The number of hydrogen-bond donors (Lipinski definition) is 2. The molecule has 2 aromatic rings. The molecule has 0 atom stereocenters. The number of ether oxygens (including phenoxy) is 1. The van der Waals surface area contributed by atoms with Crippen LogP contribution in [-0.2, 0) is 10.0 Å². The van der Waals surface area contributed by atoms with E-state index in [1.165, 1.54) is 11.9 Å². The fourth-order valence-corrected chi connectivity index (χ4v) is 4.78. The third kappa shape index (κ3) is 5.43. The molecule has 0 unspecified atom stereocenters. The van der Waals surface area contributed by atoms with Crippen LogP contribution in [0.4, 0.5) is 15.6 Å². The lowest BCUT2D eigenvalue weighted by atomic mass is 10.3. The third-order valence-corrected chi connectivity index (χ3v) is 7.09. The highest BCUT2D eigenvalue weighted by atomic mass is 32.2. The molecular formula is C18H26N4O4S2. The number of carbonyl (C=O) groups excluding carboxylic acids is 1. The monoisotopic (exact) mass is 426 g/mol. The summed E-state index contributed by atoms with van der Waals surface area (Å²) in [5.41, 5.74) is 0.982. The summed E-state index contributed by atoms with van der Waals surface area (Å²) in [4.78, 5) is 18.7. The molecule has 2 amide bonds. The van der Waals surface area contributed by atoms with Gasteiger partial charge in [-0.3, -0.25) is 4.90 Å². The van der Waals surface area contributed by atoms with Gasteiger partial charge < -0.3 is 10.1 Å². The van der Waals surface area contributed by atoms with Crippen LogP contribution in [0.5, 0.6) is 5.75 Å². The zero-order valence-electron chi connectivity index (χ0n) is 16.5. The fourth-order valence-electron chi connectivity index (χ4n) is 2.42. The van der Waals surface area contributed by atoms with E-state index in [1.54, 1.807) is 31.2 Å². The number of thiazole rings is 1. The average molecular weight is 427 g/mol. The van der Waals surface area contributed by atoms with E-state index in [2.05, 4.69) is 15.0 Å². The summed E-state index contributed by atoms with van der Waals surface area (Å²) < 4.78 is 32.1. The number of rotatable bonds is 9. The predicted octanol–water partition coefficient (Wildman–Crippen LogP) is 3.60. The van der Waals surface area contributed by atoms with Crippen molar-refractivity contribution in [3.05, 3.63) is 30.0 Å². The summed E-state index contributed by atoms with van der Waals surface area (Å²) in [6, 6.07) is 6.71. The molecule has 28 heavy (non-hydrogen) atoms. The number of unbranched alkanes of at least 4 members (excludes halogenated alkanes) is 1. The number of carbonyl (C=O) groups is 1. The van der Waals surface area contributed by atoms with Gasteiger partial charge in [0, 0.05) is 12.2 Å². The van der Waals surface area contributed by atoms with Gasteiger partial charge in [-0.2, -0.15) is 0 Å². The first-order valence-electron chi connectivity index (χ1n) is 9.04. The summed E-state index contributed by atoms with van der Waals surface area (Å²) >= 11 is 0.981. The van der Waals surface area contributed by atoms with Gasteiger partial charge in [0.2, 0.25) is 0 Å². The SMILES string of the molecule is CCCCN(C(=O)Nc1ccc(OCC)cc1)c1nc(C)c(S(=O)(=O)NC)s1. The lowest BCUT2D eigenvalue weighted by Gasteiger charge is -2.20. The molecule has 0 aliphatic heterocycles. The first kappa shape index (κ1) is 22.1. The highest BCUT2D eigenvalue weighted by Gasteiger charge is 2.25. The summed E-state index contributed by atoms with van der Waals surface area (Å²) in [5.74, 6) is 0.723. The smallest absolute Gasteiger partial charge is 0.328 e. The first-order valence-corrected chi connectivity index (χ1v) is 11.3. The Kier molecular flexibility index (Phi) is 7.78. The van der Waals surface area contributed by atoms with Crippen molar-refractivity contribution in [2.75, 3.05) is 30.4 Å². The zero-order valence-corrected chi connectivity index (χ0v) is 18.1. The van der Waals surface area contributed by atoms with Crippen LogP contribution >= 0.6 is 11.3 Å². The molecular weight excluding hydrogens is 400 g/mol. The van der Waals surface area contributed by atoms with Crippen LogP contribution in [0.15, 0.2) is 28.5 Å². The van der Waals surface area contributed by atoms with Gasteiger partial charge in [0.1, 0.15) is 5.75 Å². The average Bonchev–Trinajstić information content (AvgIpc) is 3.06. The number of amides is 2. The Hall–Kier alpha value is -2.17. The first-order chi connectivity index (χ1) is 13.3. The zero-order chi connectivity index (χ0) is 20.7. The molecule has 0 bridgehead atoms. The van der Waals surface area contributed by atoms with Crippen LogP contribution in [0.25, 0.3) is 0 Å². The highest BCUT2D eigenvalue weighted by molar-refractivity contribution is 7.91. The minimum atomic E-state index is -3.62. The van der Waals surface area contributed by atoms with Crippen LogP contribution in [-0.4, -0.2) is 39.6 Å². The molecule has 0 spiro atoms. The molecule has 0 radical (unpaired) electrons. The van der Waals surface area contributed by atoms with Crippen molar-refractivity contribution in [3.8, 4) is 5.75 Å². The Morgan fingerprint density at radius 2 is 1.93 bits per heavy atom. The van der Waals surface area contributed by atoms with Crippen LogP contribution < -0.4 is 19.7 Å². The quantitative estimate of drug-likeness (QED) is 0.638. The van der Waals surface area contributed by atoms with Crippen molar-refractivity contribution < 1.29 is 17.9 Å². The summed E-state index contributed by atoms with van der Waals surface area (Å²) in [6.45, 7) is 6.54. The van der Waals surface area contributed by atoms with Gasteiger partial charge in [-0.15, -0.1) is 0 Å². The predicted molar refractivity (Wildman–Crippen MR) is 112 cm³/mol. The maximum Gasteiger partial charge on any atom is 0.328 e. The molecule has 154 valence electrons. The number of hydrogen-bond acceptors (Lipinski definition) is 6. The van der Waals surface area contributed by atoms with Gasteiger partial charge in [0.05, 0.1) is 12.3 Å². The Bertz CT molecular complexity index is 895. The minimum Gasteiger partial charge on any atom is -0.494 e. The van der Waals surface area contributed by atoms with Gasteiger partial charge in [-0.25, -0.2) is 22.9 Å². The summed E-state index contributed by atoms with van der Waals surface area (Å²) in [7, 11) is -2.27. The van der Waals surface area contributed by atoms with Gasteiger partial charge >= 0.3 is 6.03 Å². The van der Waals surface area contributed by atoms with Crippen molar-refractivity contribution in [3.63, 3.8) is 0 Å². The Morgan fingerprint density at radius 1 is 1.25 bits per heavy atom. The maximum absolute atomic E-state index is 12.9. The second-order valence-electron chi connectivity index (χ2n) is 5.97. The van der Waals surface area contributed by atoms with Crippen LogP contribution in [0.2, 0.25) is 0 Å². The van der Waals surface area contributed by atoms with E-state index < -0.39 is 10.0 Å². The molecule has 1 aromatic carbocycles. The molecule has 2 rings (SSSR count). The summed E-state index contributed by atoms with van der Waals surface area (Å²) in [6.07, 6.45) is 1.66. The Labute approximate surface area is 170 Å². The van der Waals surface area contributed by atoms with Crippen molar-refractivity contribution in [1.29, 1.82) is 0 Å². The third-order valence-electron chi connectivity index (χ3n) is 3.88. The standard InChI is InChI=1S/C18H26N4O4S2/c1-5-7-12-22(18-20-13(3)16(27-18)28(24,25)19-4)17(23)21-14-8-10-15(11-9-14)26-6-2/h8-11,19H,5-7,12H2,1-4H3,(H,21,23). The highest BCUT2D eigenvalue weighted by Crippen LogP contribution is 2.30. The molecule has 1 aromatic heterocycles. The lowest BCUT2D eigenvalue weighted by molar-refractivity contribution is 0.256. The van der Waals surface area contributed by atoms with Crippen molar-refractivity contribution in [1.82, 2.24) is 9.71 Å². The second kappa shape index (κ2) is 9.85. The molecule has 1 heterocycles. The Balaban J connectivity index is 2.25. The van der Waals surface area contributed by atoms with E-state index in [0.29, 0.717) is 29.7 Å². The van der Waals surface area contributed by atoms with Crippen molar-refractivity contribution in [2.24, 2.45) is 0 Å². The number of aromatic nitrogens is 1. The molecule has 0 saturated heterocycles. The molecule has 0 fully saturated rings. The van der Waals surface area contributed by atoms with E-state index in [-0.39, 0.29) is 10.2 Å². The maximum atomic E-state index is 12.9. The molecule has 10 heteroatoms. The molecule has 8 nitrogen and oxygen atoms in total. The normalized spacial score (nSPS) is 11.3. The fraction of sp³-hybridized carbons (Fsp3) is 0.444. The number of nitrogens with one attached hydrogen (secondary N) is 2. The molecule has 0 saturated carbocycles. The number of aryl methyl sites for hydroxylation is 1. The minimum absolute atomic E-state index is 0.111. The van der Waals surface area contributed by atoms with Crippen molar-refractivity contribution >= 4 is 38.2 Å². The summed E-state index contributed by atoms with van der Waals surface area (Å²) in [5, 5.41) is 3.18. The number of benzene rings is 1. The van der Waals surface area contributed by atoms with Crippen LogP contribution in [0.3, 0.4) is 0 Å². The van der Waals surface area contributed by atoms with E-state index >= 15 is 0 Å². The van der Waals surface area contributed by atoms with E-state index in [1.807, 2.05) is 13.8 Å². The van der Waals surface area contributed by atoms with Crippen molar-refractivity contribution in [2.45, 2.75) is 37.8 Å². The molecule has 0 aliphatic carbocycles. The van der Waals surface area contributed by atoms with E-state index in [4.69, 9.17) is 4.74 Å². The topological polar surface area (TPSA) is 101 Å². The van der Waals surface area contributed by atoms with E-state index in [9.17, 15) is 13.2 Å². The molecule has 2 N–H and O–H groups in total. The van der Waals surface area contributed by atoms with Crippen LogP contribution in [0.1, 0.15) is 32.4 Å². The number of nitrogens with zero attached hydrogens (tertiary/aromatic N) is 2. The number of sulfonamides is 1. The second-order valence-corrected chi connectivity index (χ2v) is 9.03. The number of anilines is 2. The van der Waals surface area contributed by atoms with Crippen LogP contribution in [0, 0.1) is 6.92 Å². The largest absolute Gasteiger partial charge is 0.494 e.